The Hall–Kier alpha value is -4.30. The number of carbonyl (C=O) groups excluding carboxylic acids is 2. The molecule has 3 aromatic rings. The minimum absolute atomic E-state index is 0.0832. The standard InChI is InChI=1S/C28H26F7N5O4S/c1-39(44-26(42)27(30,31)32)24(41)16-7-8-21(23(14-16)43-2)37-10-3-5-17-13-22-20(38-19-9-11-36-15-18(19)29)6-4-12-40(22)25(17)45-28(33,34)35/h4,6-8,12-14,18-19,36-38H,9-11,15H2,1-2H3/t18-,19+/m0/s1. The molecule has 0 radical (unpaired) electrons. The van der Waals surface area contributed by atoms with Gasteiger partial charge >= 0.3 is 17.7 Å². The molecule has 2 atom stereocenters. The number of nitrogens with zero attached hydrogens (tertiary/aromatic N) is 2. The highest BCUT2D eigenvalue weighted by molar-refractivity contribution is 8.00. The van der Waals surface area contributed by atoms with Gasteiger partial charge in [-0.15, -0.1) is 0 Å². The van der Waals surface area contributed by atoms with Gasteiger partial charge in [-0.05, 0) is 49.4 Å². The molecule has 1 aliphatic rings. The van der Waals surface area contributed by atoms with Crippen molar-refractivity contribution < 1.29 is 49.9 Å². The largest absolute Gasteiger partial charge is 0.495 e. The SMILES string of the molecule is COc1cc(C(=O)N(C)OC(=O)C(F)(F)F)ccc1NCC#Cc1cc2c(N[C@@H]3CCNC[C@@H]3F)cccn2c1SC(F)(F)F. The van der Waals surface area contributed by atoms with Crippen molar-refractivity contribution in [2.45, 2.75) is 35.3 Å². The van der Waals surface area contributed by atoms with Gasteiger partial charge in [0.15, 0.2) is 0 Å². The maximum Gasteiger partial charge on any atom is 0.493 e. The lowest BCUT2D eigenvalue weighted by molar-refractivity contribution is -0.225. The predicted octanol–water partition coefficient (Wildman–Crippen LogP) is 5.23. The summed E-state index contributed by atoms with van der Waals surface area (Å²) in [5, 5.41) is 8.92. The Kier molecular flexibility index (Phi) is 10.3. The number of carbonyl (C=O) groups is 2. The Morgan fingerprint density at radius 3 is 2.58 bits per heavy atom. The van der Waals surface area contributed by atoms with Crippen LogP contribution in [0.5, 0.6) is 5.75 Å². The first-order chi connectivity index (χ1) is 21.2. The van der Waals surface area contributed by atoms with Crippen molar-refractivity contribution in [3.05, 3.63) is 53.7 Å². The van der Waals surface area contributed by atoms with Crippen molar-refractivity contribution in [1.29, 1.82) is 0 Å². The van der Waals surface area contributed by atoms with Crippen LogP contribution in [0.1, 0.15) is 22.3 Å². The Morgan fingerprint density at radius 1 is 1.16 bits per heavy atom. The minimum Gasteiger partial charge on any atom is -0.495 e. The third kappa shape index (κ3) is 8.45. The van der Waals surface area contributed by atoms with Gasteiger partial charge in [0.25, 0.3) is 5.91 Å². The van der Waals surface area contributed by atoms with Gasteiger partial charge in [-0.3, -0.25) is 4.79 Å². The van der Waals surface area contributed by atoms with E-state index in [4.69, 9.17) is 4.74 Å². The second kappa shape index (κ2) is 13.8. The van der Waals surface area contributed by atoms with E-state index >= 15 is 0 Å². The number of amides is 1. The fourth-order valence-corrected chi connectivity index (χ4v) is 5.13. The van der Waals surface area contributed by atoms with Crippen LogP contribution in [0.2, 0.25) is 0 Å². The van der Waals surface area contributed by atoms with Crippen LogP contribution in [0.25, 0.3) is 5.52 Å². The summed E-state index contributed by atoms with van der Waals surface area (Å²) in [5.74, 6) is 1.94. The van der Waals surface area contributed by atoms with Crippen molar-refractivity contribution in [3.8, 4) is 17.6 Å². The molecule has 9 nitrogen and oxygen atoms in total. The molecule has 2 aromatic heterocycles. The van der Waals surface area contributed by atoms with Gasteiger partial charge in [0.05, 0.1) is 42.2 Å². The monoisotopic (exact) mass is 661 g/mol. The molecule has 0 aliphatic carbocycles. The summed E-state index contributed by atoms with van der Waals surface area (Å²) in [6.45, 7) is 0.678. The number of benzene rings is 1. The van der Waals surface area contributed by atoms with Crippen LogP contribution in [0.4, 0.5) is 42.1 Å². The molecule has 0 unspecified atom stereocenters. The molecule has 0 spiro atoms. The molecule has 3 N–H and O–H groups in total. The van der Waals surface area contributed by atoms with Crippen LogP contribution in [0, 0.1) is 11.8 Å². The number of aromatic nitrogens is 1. The van der Waals surface area contributed by atoms with Gasteiger partial charge in [-0.2, -0.15) is 31.4 Å². The first-order valence-corrected chi connectivity index (χ1v) is 14.0. The number of halogens is 7. The number of hydrogen-bond donors (Lipinski definition) is 3. The second-order valence-electron chi connectivity index (χ2n) is 9.60. The number of ether oxygens (including phenoxy) is 1. The average molecular weight is 662 g/mol. The Labute approximate surface area is 256 Å². The Bertz CT molecular complexity index is 1620. The van der Waals surface area contributed by atoms with Crippen LogP contribution in [-0.2, 0) is 9.63 Å². The van der Waals surface area contributed by atoms with E-state index in [1.165, 1.54) is 42.0 Å². The molecular weight excluding hydrogens is 635 g/mol. The fraction of sp³-hybridized carbons (Fsp3) is 0.357. The van der Waals surface area contributed by atoms with Crippen LogP contribution >= 0.6 is 11.8 Å². The molecule has 45 heavy (non-hydrogen) atoms. The first kappa shape index (κ1) is 33.6. The van der Waals surface area contributed by atoms with Crippen LogP contribution in [0.15, 0.2) is 47.6 Å². The lowest BCUT2D eigenvalue weighted by atomic mass is 10.0. The topological polar surface area (TPSA) is 96.3 Å². The van der Waals surface area contributed by atoms with Gasteiger partial charge in [0.1, 0.15) is 16.9 Å². The van der Waals surface area contributed by atoms with E-state index in [1.54, 1.807) is 12.1 Å². The third-order valence-electron chi connectivity index (χ3n) is 6.50. The second-order valence-corrected chi connectivity index (χ2v) is 10.7. The lowest BCUT2D eigenvalue weighted by Crippen LogP contribution is -2.45. The summed E-state index contributed by atoms with van der Waals surface area (Å²) in [7, 11) is 2.10. The summed E-state index contributed by atoms with van der Waals surface area (Å²) in [6.07, 6.45) is -4.53. The Balaban J connectivity index is 1.53. The number of hydrogen-bond acceptors (Lipinski definition) is 8. The molecule has 17 heteroatoms. The summed E-state index contributed by atoms with van der Waals surface area (Å²) >= 11 is -0.331. The zero-order chi connectivity index (χ0) is 32.9. The Morgan fingerprint density at radius 2 is 1.91 bits per heavy atom. The molecule has 4 rings (SSSR count). The van der Waals surface area contributed by atoms with Crippen molar-refractivity contribution in [3.63, 3.8) is 0 Å². The van der Waals surface area contributed by atoms with Gasteiger partial charge in [-0.25, -0.2) is 9.18 Å². The zero-order valence-electron chi connectivity index (χ0n) is 23.6. The minimum atomic E-state index is -5.30. The number of methoxy groups -OCH3 is 1. The van der Waals surface area contributed by atoms with Gasteiger partial charge < -0.3 is 29.9 Å². The average Bonchev–Trinajstić information content (AvgIpc) is 3.32. The van der Waals surface area contributed by atoms with E-state index in [0.29, 0.717) is 29.9 Å². The van der Waals surface area contributed by atoms with Crippen molar-refractivity contribution in [1.82, 2.24) is 14.8 Å². The highest BCUT2D eigenvalue weighted by atomic mass is 32.2. The zero-order valence-corrected chi connectivity index (χ0v) is 24.4. The summed E-state index contributed by atoms with van der Waals surface area (Å²) in [5.41, 5.74) is -3.54. The molecule has 1 fully saturated rings. The van der Waals surface area contributed by atoms with Crippen molar-refractivity contribution in [2.24, 2.45) is 0 Å². The molecule has 0 bridgehead atoms. The number of hydroxylamine groups is 2. The van der Waals surface area contributed by atoms with Crippen LogP contribution in [-0.4, -0.2) is 79.0 Å². The number of thioether (sulfide) groups is 1. The van der Waals surface area contributed by atoms with Crippen LogP contribution in [0.3, 0.4) is 0 Å². The van der Waals surface area contributed by atoms with Gasteiger partial charge in [0, 0.05) is 37.1 Å². The number of rotatable bonds is 7. The highest BCUT2D eigenvalue weighted by Crippen LogP contribution is 2.41. The summed E-state index contributed by atoms with van der Waals surface area (Å²) < 4.78 is 98.8. The van der Waals surface area contributed by atoms with Crippen molar-refractivity contribution in [2.75, 3.05) is 44.4 Å². The molecule has 1 aliphatic heterocycles. The number of piperidine rings is 1. The number of anilines is 2. The van der Waals surface area contributed by atoms with E-state index in [2.05, 4.69) is 32.6 Å². The quantitative estimate of drug-likeness (QED) is 0.137. The normalized spacial score (nSPS) is 16.8. The van der Waals surface area contributed by atoms with E-state index < -0.39 is 35.8 Å². The maximum atomic E-state index is 14.4. The molecular formula is C28H26F7N5O4S. The smallest absolute Gasteiger partial charge is 0.493 e. The highest BCUT2D eigenvalue weighted by Gasteiger charge is 2.43. The summed E-state index contributed by atoms with van der Waals surface area (Å²) in [6, 6.07) is 7.97. The van der Waals surface area contributed by atoms with Gasteiger partial charge in [0.2, 0.25) is 0 Å². The van der Waals surface area contributed by atoms with Crippen LogP contribution < -0.4 is 20.7 Å². The van der Waals surface area contributed by atoms with E-state index in [9.17, 15) is 40.3 Å². The lowest BCUT2D eigenvalue weighted by Gasteiger charge is -2.28. The number of pyridine rings is 1. The molecule has 1 saturated heterocycles. The molecule has 3 heterocycles. The molecule has 242 valence electrons. The molecule has 1 aromatic carbocycles. The number of alkyl halides is 7. The number of nitrogens with one attached hydrogen (secondary N) is 3. The predicted molar refractivity (Wildman–Crippen MR) is 152 cm³/mol. The molecule has 0 saturated carbocycles. The van der Waals surface area contributed by atoms with Gasteiger partial charge in [-0.1, -0.05) is 11.8 Å². The van der Waals surface area contributed by atoms with E-state index in [-0.39, 0.29) is 51.8 Å². The van der Waals surface area contributed by atoms with Crippen molar-refractivity contribution >= 4 is 40.5 Å². The number of fused-ring (bicyclic) bond motifs is 1. The van der Waals surface area contributed by atoms with E-state index in [1.807, 2.05) is 0 Å². The summed E-state index contributed by atoms with van der Waals surface area (Å²) in [4.78, 5) is 27.5. The maximum absolute atomic E-state index is 14.4. The third-order valence-corrected chi connectivity index (χ3v) is 7.34. The first-order valence-electron chi connectivity index (χ1n) is 13.2. The molecule has 1 amide bonds. The fourth-order valence-electron chi connectivity index (χ4n) is 4.43. The van der Waals surface area contributed by atoms with E-state index in [0.717, 1.165) is 7.05 Å².